The number of benzene rings is 1. The van der Waals surface area contributed by atoms with E-state index in [-0.39, 0.29) is 30.0 Å². The summed E-state index contributed by atoms with van der Waals surface area (Å²) in [6.45, 7) is 3.78. The van der Waals surface area contributed by atoms with Crippen molar-refractivity contribution in [2.45, 2.75) is 32.7 Å². The third-order valence-electron chi connectivity index (χ3n) is 6.30. The minimum atomic E-state index is -0.488. The fraction of sp³-hybridized carbons (Fsp3) is 0.417. The Morgan fingerprint density at radius 2 is 1.91 bits per heavy atom. The molecule has 0 unspecified atom stereocenters. The summed E-state index contributed by atoms with van der Waals surface area (Å²) in [5.41, 5.74) is 3.22. The predicted octanol–water partition coefficient (Wildman–Crippen LogP) is 2.40. The molecule has 1 aromatic heterocycles. The van der Waals surface area contributed by atoms with E-state index < -0.39 is 5.97 Å². The predicted molar refractivity (Wildman–Crippen MR) is 129 cm³/mol. The molecule has 2 aromatic rings. The molecule has 0 saturated carbocycles. The first-order chi connectivity index (χ1) is 15.8. The van der Waals surface area contributed by atoms with E-state index in [1.54, 1.807) is 13.1 Å². The average molecular weight is 469 g/mol. The molecule has 1 aromatic carbocycles. The van der Waals surface area contributed by atoms with Gasteiger partial charge in [-0.15, -0.1) is 0 Å². The number of aromatic nitrogens is 1. The molecule has 8 nitrogen and oxygen atoms in total. The van der Waals surface area contributed by atoms with Crippen molar-refractivity contribution in [2.24, 2.45) is 0 Å². The fourth-order valence-electron chi connectivity index (χ4n) is 4.49. The highest BCUT2D eigenvalue weighted by Gasteiger charge is 2.37. The number of methoxy groups -OCH3 is 1. The molecule has 174 valence electrons. The number of esters is 1. The third kappa shape index (κ3) is 4.25. The van der Waals surface area contributed by atoms with Gasteiger partial charge in [-0.25, -0.2) is 0 Å². The second-order valence-electron chi connectivity index (χ2n) is 8.31. The average Bonchev–Trinajstić information content (AvgIpc) is 3.52. The zero-order chi connectivity index (χ0) is 23.7. The number of hydrogen-bond donors (Lipinski definition) is 0. The van der Waals surface area contributed by atoms with Gasteiger partial charge in [-0.3, -0.25) is 19.3 Å². The lowest BCUT2D eigenvalue weighted by Gasteiger charge is -2.16. The molecule has 2 aliphatic heterocycles. The number of likely N-dealkylation sites (N-methyl/N-ethyl adjacent to an activating group) is 1. The van der Waals surface area contributed by atoms with Crippen LogP contribution in [-0.4, -0.2) is 76.0 Å². The van der Waals surface area contributed by atoms with Crippen molar-refractivity contribution >= 4 is 52.1 Å². The van der Waals surface area contributed by atoms with E-state index in [0.29, 0.717) is 5.70 Å². The highest BCUT2D eigenvalue weighted by Crippen LogP contribution is 2.30. The monoisotopic (exact) mass is 468 g/mol. The highest BCUT2D eigenvalue weighted by atomic mass is 32.1. The van der Waals surface area contributed by atoms with Crippen molar-refractivity contribution in [3.05, 3.63) is 41.2 Å². The van der Waals surface area contributed by atoms with E-state index in [9.17, 15) is 14.4 Å². The van der Waals surface area contributed by atoms with Crippen LogP contribution in [0.2, 0.25) is 0 Å². The van der Waals surface area contributed by atoms with Gasteiger partial charge in [0.2, 0.25) is 5.91 Å². The molecule has 0 spiro atoms. The summed E-state index contributed by atoms with van der Waals surface area (Å²) >= 11 is 5.39. The zero-order valence-electron chi connectivity index (χ0n) is 19.2. The van der Waals surface area contributed by atoms with Gasteiger partial charge in [-0.1, -0.05) is 25.1 Å². The van der Waals surface area contributed by atoms with Gasteiger partial charge in [0.15, 0.2) is 5.11 Å². The van der Waals surface area contributed by atoms with Crippen LogP contribution in [0.5, 0.6) is 0 Å². The summed E-state index contributed by atoms with van der Waals surface area (Å²) < 4.78 is 6.76. The van der Waals surface area contributed by atoms with Crippen LogP contribution in [0.4, 0.5) is 0 Å². The Hall–Kier alpha value is -3.20. The topological polar surface area (TPSA) is 75.1 Å². The van der Waals surface area contributed by atoms with Crippen molar-refractivity contribution in [1.82, 2.24) is 19.3 Å². The lowest BCUT2D eigenvalue weighted by molar-refractivity contribution is -0.140. The van der Waals surface area contributed by atoms with E-state index >= 15 is 0 Å². The molecule has 2 aliphatic rings. The zero-order valence-corrected chi connectivity index (χ0v) is 20.0. The first kappa shape index (κ1) is 23.0. The number of fused-ring (bicyclic) bond motifs is 1. The van der Waals surface area contributed by atoms with Gasteiger partial charge < -0.3 is 19.1 Å². The van der Waals surface area contributed by atoms with Gasteiger partial charge in [0.05, 0.1) is 12.6 Å². The first-order valence-electron chi connectivity index (χ1n) is 11.1. The van der Waals surface area contributed by atoms with Crippen molar-refractivity contribution in [2.75, 3.05) is 33.8 Å². The van der Waals surface area contributed by atoms with Crippen molar-refractivity contribution in [1.29, 1.82) is 0 Å². The number of hydrogen-bond acceptors (Lipinski definition) is 5. The van der Waals surface area contributed by atoms with E-state index in [1.165, 1.54) is 16.9 Å². The maximum absolute atomic E-state index is 12.9. The van der Waals surface area contributed by atoms with Crippen molar-refractivity contribution in [3.8, 4) is 0 Å². The van der Waals surface area contributed by atoms with Crippen molar-refractivity contribution < 1.29 is 19.1 Å². The molecule has 0 N–H and O–H groups in total. The van der Waals surface area contributed by atoms with Crippen LogP contribution in [0.25, 0.3) is 17.0 Å². The van der Waals surface area contributed by atoms with E-state index in [4.69, 9.17) is 17.0 Å². The summed E-state index contributed by atoms with van der Waals surface area (Å²) in [5.74, 6) is -0.678. The Morgan fingerprint density at radius 1 is 1.18 bits per heavy atom. The maximum Gasteiger partial charge on any atom is 0.325 e. The normalized spacial score (nSPS) is 17.7. The summed E-state index contributed by atoms with van der Waals surface area (Å²) in [5, 5.41) is 1.20. The van der Waals surface area contributed by atoms with E-state index in [0.717, 1.165) is 54.4 Å². The smallest absolute Gasteiger partial charge is 0.325 e. The summed E-state index contributed by atoms with van der Waals surface area (Å²) in [4.78, 5) is 42.5. The Morgan fingerprint density at radius 3 is 2.58 bits per heavy atom. The van der Waals surface area contributed by atoms with E-state index in [1.807, 2.05) is 27.8 Å². The van der Waals surface area contributed by atoms with Crippen LogP contribution < -0.4 is 0 Å². The molecule has 9 heteroatoms. The van der Waals surface area contributed by atoms with Gasteiger partial charge in [-0.05, 0) is 43.1 Å². The van der Waals surface area contributed by atoms with Gasteiger partial charge in [0.25, 0.3) is 5.91 Å². The number of aryl methyl sites for hydroxylation is 1. The second kappa shape index (κ2) is 9.35. The molecule has 0 radical (unpaired) electrons. The molecule has 0 atom stereocenters. The SMILES string of the molecule is CCc1cccc2c(/C=C3/C(=O)N(C)C(=S)N3CC(=O)OC)cn(CC(=O)N3CCCC3)c12. The largest absolute Gasteiger partial charge is 0.468 e. The quantitative estimate of drug-likeness (QED) is 0.368. The van der Waals surface area contributed by atoms with Crippen LogP contribution in [0.3, 0.4) is 0 Å². The highest BCUT2D eigenvalue weighted by molar-refractivity contribution is 7.80. The van der Waals surface area contributed by atoms with Crippen LogP contribution in [-0.2, 0) is 32.1 Å². The number of ether oxygens (including phenoxy) is 1. The van der Waals surface area contributed by atoms with Gasteiger partial charge in [0.1, 0.15) is 18.8 Å². The molecule has 2 fully saturated rings. The molecule has 2 saturated heterocycles. The van der Waals surface area contributed by atoms with Crippen LogP contribution >= 0.6 is 12.2 Å². The minimum Gasteiger partial charge on any atom is -0.468 e. The number of para-hydroxylation sites is 1. The lowest BCUT2D eigenvalue weighted by Crippen LogP contribution is -2.33. The molecule has 0 aliphatic carbocycles. The molecule has 3 heterocycles. The molecule has 33 heavy (non-hydrogen) atoms. The minimum absolute atomic E-state index is 0.0969. The number of likely N-dealkylation sites (tertiary alicyclic amines) is 1. The molecule has 4 rings (SSSR count). The summed E-state index contributed by atoms with van der Waals surface area (Å²) in [6.07, 6.45) is 6.56. The van der Waals surface area contributed by atoms with E-state index in [2.05, 4.69) is 13.0 Å². The molecule has 2 amide bonds. The van der Waals surface area contributed by atoms with Crippen LogP contribution in [0.1, 0.15) is 30.9 Å². The molecule has 0 bridgehead atoms. The molecular formula is C24H28N4O4S. The van der Waals surface area contributed by atoms with Crippen molar-refractivity contribution in [3.63, 3.8) is 0 Å². The van der Waals surface area contributed by atoms with Crippen LogP contribution in [0, 0.1) is 0 Å². The summed E-state index contributed by atoms with van der Waals surface area (Å²) in [7, 11) is 2.89. The van der Waals surface area contributed by atoms with Gasteiger partial charge >= 0.3 is 5.97 Å². The Bertz CT molecular complexity index is 1160. The van der Waals surface area contributed by atoms with Crippen LogP contribution in [0.15, 0.2) is 30.1 Å². The number of carbonyl (C=O) groups is 3. The number of carbonyl (C=O) groups excluding carboxylic acids is 3. The second-order valence-corrected chi connectivity index (χ2v) is 8.67. The number of rotatable bonds is 6. The molecular weight excluding hydrogens is 440 g/mol. The first-order valence-corrected chi connectivity index (χ1v) is 11.5. The number of amides is 2. The fourth-order valence-corrected chi connectivity index (χ4v) is 4.74. The maximum atomic E-state index is 12.9. The summed E-state index contributed by atoms with van der Waals surface area (Å²) in [6, 6.07) is 6.03. The van der Waals surface area contributed by atoms with Gasteiger partial charge in [-0.2, -0.15) is 0 Å². The number of thiocarbonyl (C=S) groups is 1. The van der Waals surface area contributed by atoms with Gasteiger partial charge in [0, 0.05) is 37.3 Å². The Kier molecular flexibility index (Phi) is 6.51. The Labute approximate surface area is 198 Å². The standard InChI is InChI=1S/C24H28N4O4S/c1-4-16-8-7-9-18-17(13-27(22(16)18)14-20(29)26-10-5-6-11-26)12-19-23(31)25(2)24(33)28(19)15-21(30)32-3/h7-9,12-13H,4-6,10-11,14-15H2,1-3H3/b19-12-. The Balaban J connectivity index is 1.79. The number of nitrogens with zero attached hydrogens (tertiary/aromatic N) is 4. The third-order valence-corrected chi connectivity index (χ3v) is 6.79. The lowest BCUT2D eigenvalue weighted by atomic mass is 10.1.